The summed E-state index contributed by atoms with van der Waals surface area (Å²) in [4.78, 5) is 19.3. The van der Waals surface area contributed by atoms with E-state index in [2.05, 4.69) is 10.1 Å². The SMILES string of the molecule is CSc1ccc(S(=O)(=O)N(C)CC(=O)N(C)Cc2nc(-c3ccccc3)no2)cc1. The fourth-order valence-corrected chi connectivity index (χ4v) is 4.17. The molecule has 0 aliphatic heterocycles. The molecule has 1 aromatic heterocycles. The third-order valence-electron chi connectivity index (χ3n) is 4.42. The number of benzene rings is 2. The Hall–Kier alpha value is -2.69. The standard InChI is InChI=1S/C20H22N4O4S2/c1-23(13-18-21-20(22-28-18)15-7-5-4-6-8-15)19(25)14-24(2)30(26,27)17-11-9-16(29-3)10-12-17/h4-12H,13-14H2,1-3H3. The maximum Gasteiger partial charge on any atom is 0.246 e. The summed E-state index contributed by atoms with van der Waals surface area (Å²) in [7, 11) is -0.835. The molecule has 3 rings (SSSR count). The Morgan fingerprint density at radius 1 is 1.07 bits per heavy atom. The number of nitrogens with zero attached hydrogens (tertiary/aromatic N) is 4. The summed E-state index contributed by atoms with van der Waals surface area (Å²) < 4.78 is 31.7. The molecule has 8 nitrogen and oxygen atoms in total. The van der Waals surface area contributed by atoms with E-state index in [1.54, 1.807) is 19.2 Å². The number of rotatable bonds is 8. The Bertz CT molecular complexity index is 1100. The number of thioether (sulfide) groups is 1. The first-order chi connectivity index (χ1) is 14.3. The summed E-state index contributed by atoms with van der Waals surface area (Å²) in [6.07, 6.45) is 1.91. The summed E-state index contributed by atoms with van der Waals surface area (Å²) >= 11 is 1.52. The predicted molar refractivity (Wildman–Crippen MR) is 114 cm³/mol. The molecule has 0 N–H and O–H groups in total. The molecule has 0 fully saturated rings. The van der Waals surface area contributed by atoms with E-state index in [0.29, 0.717) is 5.82 Å². The van der Waals surface area contributed by atoms with Crippen LogP contribution in [0.2, 0.25) is 0 Å². The molecule has 30 heavy (non-hydrogen) atoms. The molecule has 0 saturated carbocycles. The molecule has 1 heterocycles. The summed E-state index contributed by atoms with van der Waals surface area (Å²) in [5.41, 5.74) is 0.805. The summed E-state index contributed by atoms with van der Waals surface area (Å²) in [5, 5.41) is 3.92. The van der Waals surface area contributed by atoms with Crippen LogP contribution in [0.1, 0.15) is 5.89 Å². The number of likely N-dealkylation sites (N-methyl/N-ethyl adjacent to an activating group) is 2. The maximum absolute atomic E-state index is 12.7. The van der Waals surface area contributed by atoms with Gasteiger partial charge in [0, 0.05) is 24.6 Å². The number of hydrogen-bond donors (Lipinski definition) is 0. The highest BCUT2D eigenvalue weighted by Gasteiger charge is 2.25. The highest BCUT2D eigenvalue weighted by molar-refractivity contribution is 7.98. The molecular weight excluding hydrogens is 424 g/mol. The van der Waals surface area contributed by atoms with Crippen LogP contribution in [0.5, 0.6) is 0 Å². The van der Waals surface area contributed by atoms with Crippen molar-refractivity contribution in [3.8, 4) is 11.4 Å². The van der Waals surface area contributed by atoms with Crippen LogP contribution in [0.3, 0.4) is 0 Å². The molecule has 0 spiro atoms. The lowest BCUT2D eigenvalue weighted by molar-refractivity contribution is -0.130. The van der Waals surface area contributed by atoms with Crippen molar-refractivity contribution in [2.75, 3.05) is 26.9 Å². The largest absolute Gasteiger partial charge is 0.337 e. The Morgan fingerprint density at radius 3 is 2.37 bits per heavy atom. The molecule has 0 saturated heterocycles. The fraction of sp³-hybridized carbons (Fsp3) is 0.250. The first-order valence-electron chi connectivity index (χ1n) is 9.03. The number of aromatic nitrogens is 2. The highest BCUT2D eigenvalue weighted by atomic mass is 32.2. The van der Waals surface area contributed by atoms with Crippen LogP contribution in [0.15, 0.2) is 68.9 Å². The quantitative estimate of drug-likeness (QED) is 0.491. The van der Waals surface area contributed by atoms with E-state index in [0.717, 1.165) is 14.8 Å². The molecule has 0 aliphatic rings. The molecule has 0 radical (unpaired) electrons. The van der Waals surface area contributed by atoms with Gasteiger partial charge in [-0.3, -0.25) is 4.79 Å². The van der Waals surface area contributed by atoms with E-state index in [4.69, 9.17) is 4.52 Å². The van der Waals surface area contributed by atoms with Gasteiger partial charge in [0.25, 0.3) is 0 Å². The Morgan fingerprint density at radius 2 is 1.73 bits per heavy atom. The van der Waals surface area contributed by atoms with Crippen molar-refractivity contribution in [2.45, 2.75) is 16.3 Å². The maximum atomic E-state index is 12.7. The summed E-state index contributed by atoms with van der Waals surface area (Å²) in [6.45, 7) is -0.224. The van der Waals surface area contributed by atoms with Crippen molar-refractivity contribution in [2.24, 2.45) is 0 Å². The minimum Gasteiger partial charge on any atom is -0.337 e. The Kier molecular flexibility index (Phi) is 6.91. The van der Waals surface area contributed by atoms with Gasteiger partial charge in [-0.25, -0.2) is 8.42 Å². The van der Waals surface area contributed by atoms with Gasteiger partial charge >= 0.3 is 0 Å². The van der Waals surface area contributed by atoms with E-state index < -0.39 is 10.0 Å². The van der Waals surface area contributed by atoms with Gasteiger partial charge < -0.3 is 9.42 Å². The van der Waals surface area contributed by atoms with Gasteiger partial charge in [0.05, 0.1) is 18.0 Å². The Balaban J connectivity index is 1.62. The third-order valence-corrected chi connectivity index (χ3v) is 6.98. The van der Waals surface area contributed by atoms with E-state index in [1.807, 2.05) is 36.6 Å². The van der Waals surface area contributed by atoms with Crippen molar-refractivity contribution < 1.29 is 17.7 Å². The number of amides is 1. The fourth-order valence-electron chi connectivity index (χ4n) is 2.64. The van der Waals surface area contributed by atoms with Crippen molar-refractivity contribution in [3.05, 3.63) is 60.5 Å². The number of hydrogen-bond acceptors (Lipinski definition) is 7. The van der Waals surface area contributed by atoms with E-state index in [9.17, 15) is 13.2 Å². The van der Waals surface area contributed by atoms with Gasteiger partial charge in [0.1, 0.15) is 0 Å². The third kappa shape index (κ3) is 5.07. The minimum atomic E-state index is -3.77. The first-order valence-corrected chi connectivity index (χ1v) is 11.7. The smallest absolute Gasteiger partial charge is 0.246 e. The average Bonchev–Trinajstić information content (AvgIpc) is 3.22. The molecule has 0 atom stereocenters. The van der Waals surface area contributed by atoms with Crippen LogP contribution in [0.25, 0.3) is 11.4 Å². The molecule has 3 aromatic rings. The zero-order chi connectivity index (χ0) is 21.7. The van der Waals surface area contributed by atoms with Crippen molar-refractivity contribution in [1.82, 2.24) is 19.3 Å². The Labute approximate surface area is 179 Å². The van der Waals surface area contributed by atoms with Crippen LogP contribution < -0.4 is 0 Å². The zero-order valence-electron chi connectivity index (χ0n) is 16.8. The van der Waals surface area contributed by atoms with Gasteiger partial charge in [0.2, 0.25) is 27.6 Å². The number of sulfonamides is 1. The van der Waals surface area contributed by atoms with Gasteiger partial charge in [-0.15, -0.1) is 11.8 Å². The number of carbonyl (C=O) groups is 1. The minimum absolute atomic E-state index is 0.0783. The normalized spacial score (nSPS) is 11.6. The van der Waals surface area contributed by atoms with Gasteiger partial charge in [0.15, 0.2) is 0 Å². The summed E-state index contributed by atoms with van der Waals surface area (Å²) in [5.74, 6) is 0.309. The summed E-state index contributed by atoms with van der Waals surface area (Å²) in [6, 6.07) is 15.9. The second kappa shape index (κ2) is 9.41. The lowest BCUT2D eigenvalue weighted by Gasteiger charge is -2.21. The first kappa shape index (κ1) is 22.0. The number of carbonyl (C=O) groups excluding carboxylic acids is 1. The zero-order valence-corrected chi connectivity index (χ0v) is 18.5. The molecule has 0 aliphatic carbocycles. The van der Waals surface area contributed by atoms with Crippen LogP contribution in [-0.2, 0) is 21.4 Å². The molecule has 0 bridgehead atoms. The van der Waals surface area contributed by atoms with E-state index in [-0.39, 0.29) is 29.8 Å². The molecular formula is C20H22N4O4S2. The molecule has 10 heteroatoms. The monoisotopic (exact) mass is 446 g/mol. The van der Waals surface area contributed by atoms with Crippen LogP contribution in [0, 0.1) is 0 Å². The van der Waals surface area contributed by atoms with Gasteiger partial charge in [-0.05, 0) is 30.5 Å². The van der Waals surface area contributed by atoms with Crippen LogP contribution in [0.4, 0.5) is 0 Å². The molecule has 158 valence electrons. The topological polar surface area (TPSA) is 96.6 Å². The lowest BCUT2D eigenvalue weighted by atomic mass is 10.2. The lowest BCUT2D eigenvalue weighted by Crippen LogP contribution is -2.39. The van der Waals surface area contributed by atoms with E-state index in [1.165, 1.54) is 35.8 Å². The molecule has 1 amide bonds. The predicted octanol–water partition coefficient (Wildman–Crippen LogP) is 2.74. The van der Waals surface area contributed by atoms with Crippen LogP contribution in [-0.4, -0.2) is 60.6 Å². The molecule has 0 unspecified atom stereocenters. The van der Waals surface area contributed by atoms with Crippen molar-refractivity contribution >= 4 is 27.7 Å². The average molecular weight is 447 g/mol. The van der Waals surface area contributed by atoms with Gasteiger partial charge in [-0.1, -0.05) is 35.5 Å². The van der Waals surface area contributed by atoms with Crippen LogP contribution >= 0.6 is 11.8 Å². The van der Waals surface area contributed by atoms with E-state index >= 15 is 0 Å². The molecule has 2 aromatic carbocycles. The van der Waals surface area contributed by atoms with Crippen molar-refractivity contribution in [3.63, 3.8) is 0 Å². The second-order valence-corrected chi connectivity index (χ2v) is 9.49. The highest BCUT2D eigenvalue weighted by Crippen LogP contribution is 2.20. The van der Waals surface area contributed by atoms with Crippen molar-refractivity contribution in [1.29, 1.82) is 0 Å². The second-order valence-electron chi connectivity index (χ2n) is 6.56. The van der Waals surface area contributed by atoms with Gasteiger partial charge in [-0.2, -0.15) is 9.29 Å².